The van der Waals surface area contributed by atoms with Crippen molar-refractivity contribution in [3.63, 3.8) is 0 Å². The van der Waals surface area contributed by atoms with E-state index in [1.807, 2.05) is 11.1 Å². The summed E-state index contributed by atoms with van der Waals surface area (Å²) in [6.45, 7) is 7.28. The van der Waals surface area contributed by atoms with Crippen LogP contribution in [0.3, 0.4) is 0 Å². The Bertz CT molecular complexity index is 200. The van der Waals surface area contributed by atoms with Gasteiger partial charge in [-0.05, 0) is 11.8 Å². The first kappa shape index (κ1) is 9.30. The van der Waals surface area contributed by atoms with Crippen molar-refractivity contribution in [3.8, 4) is 0 Å². The second-order valence-electron chi connectivity index (χ2n) is 4.37. The zero-order valence-corrected chi connectivity index (χ0v) is 8.13. The Kier molecular flexibility index (Phi) is 2.55. The highest BCUT2D eigenvalue weighted by Gasteiger charge is 2.17. The van der Waals surface area contributed by atoms with Gasteiger partial charge in [0, 0.05) is 19.2 Å². The number of amides is 1. The molecular formula is C10H17NO. The Balaban J connectivity index is 2.51. The van der Waals surface area contributed by atoms with Gasteiger partial charge >= 0.3 is 0 Å². The van der Waals surface area contributed by atoms with Crippen molar-refractivity contribution in [2.24, 2.45) is 5.41 Å². The lowest BCUT2D eigenvalue weighted by atomic mass is 9.97. The molecule has 0 spiro atoms. The van der Waals surface area contributed by atoms with E-state index in [9.17, 15) is 4.79 Å². The summed E-state index contributed by atoms with van der Waals surface area (Å²) in [6.07, 6.45) is 5.73. The van der Waals surface area contributed by atoms with E-state index >= 15 is 0 Å². The molecule has 0 N–H and O–H groups in total. The monoisotopic (exact) mass is 167 g/mol. The molecule has 1 rings (SSSR count). The fourth-order valence-electron chi connectivity index (χ4n) is 1.14. The first-order valence-corrected chi connectivity index (χ1v) is 4.48. The largest absolute Gasteiger partial charge is 0.319 e. The summed E-state index contributed by atoms with van der Waals surface area (Å²) in [5.74, 6) is 0.260. The lowest BCUT2D eigenvalue weighted by molar-refractivity contribution is -0.125. The molecule has 2 heteroatoms. The van der Waals surface area contributed by atoms with E-state index in [0.717, 1.165) is 13.0 Å². The standard InChI is InChI=1S/C10H17NO/c1-10(2,3)6-8-11-7-4-5-9(11)12/h6,8H,4-5,7H2,1-3H3/b8-6+. The number of likely N-dealkylation sites (tertiary alicyclic amines) is 1. The minimum atomic E-state index is 0.170. The Morgan fingerprint density at radius 2 is 2.08 bits per heavy atom. The van der Waals surface area contributed by atoms with Gasteiger partial charge in [0.25, 0.3) is 0 Å². The number of hydrogen-bond acceptors (Lipinski definition) is 1. The number of nitrogens with zero attached hydrogens (tertiary/aromatic N) is 1. The van der Waals surface area contributed by atoms with Crippen LogP contribution in [0.15, 0.2) is 12.3 Å². The fourth-order valence-corrected chi connectivity index (χ4v) is 1.14. The second-order valence-corrected chi connectivity index (χ2v) is 4.37. The Morgan fingerprint density at radius 3 is 2.50 bits per heavy atom. The van der Waals surface area contributed by atoms with Gasteiger partial charge in [0.05, 0.1) is 0 Å². The molecule has 0 radical (unpaired) electrons. The summed E-state index contributed by atoms with van der Waals surface area (Å²) in [4.78, 5) is 13.0. The molecule has 1 aliphatic heterocycles. The quantitative estimate of drug-likeness (QED) is 0.586. The molecule has 0 aromatic carbocycles. The van der Waals surface area contributed by atoms with E-state index in [1.165, 1.54) is 0 Å². The third-order valence-corrected chi connectivity index (χ3v) is 1.86. The van der Waals surface area contributed by atoms with Crippen molar-refractivity contribution in [1.82, 2.24) is 4.90 Å². The number of allylic oxidation sites excluding steroid dienone is 1. The van der Waals surface area contributed by atoms with E-state index < -0.39 is 0 Å². The van der Waals surface area contributed by atoms with Crippen LogP contribution in [0.5, 0.6) is 0 Å². The summed E-state index contributed by atoms with van der Waals surface area (Å²) < 4.78 is 0. The van der Waals surface area contributed by atoms with Crippen LogP contribution in [0, 0.1) is 5.41 Å². The Morgan fingerprint density at radius 1 is 1.42 bits per heavy atom. The molecule has 1 fully saturated rings. The van der Waals surface area contributed by atoms with Crippen LogP contribution >= 0.6 is 0 Å². The van der Waals surface area contributed by atoms with Crippen molar-refractivity contribution in [1.29, 1.82) is 0 Å². The molecule has 0 saturated carbocycles. The molecule has 0 aliphatic carbocycles. The average molecular weight is 167 g/mol. The summed E-state index contributed by atoms with van der Waals surface area (Å²) >= 11 is 0. The first-order valence-electron chi connectivity index (χ1n) is 4.48. The molecule has 1 amide bonds. The molecule has 68 valence electrons. The van der Waals surface area contributed by atoms with E-state index in [2.05, 4.69) is 26.8 Å². The Hall–Kier alpha value is -0.790. The maximum atomic E-state index is 11.2. The zero-order chi connectivity index (χ0) is 9.19. The normalized spacial score (nSPS) is 19.6. The van der Waals surface area contributed by atoms with Crippen molar-refractivity contribution in [2.45, 2.75) is 33.6 Å². The topological polar surface area (TPSA) is 20.3 Å². The van der Waals surface area contributed by atoms with Crippen molar-refractivity contribution < 1.29 is 4.79 Å². The molecule has 2 nitrogen and oxygen atoms in total. The third-order valence-electron chi connectivity index (χ3n) is 1.86. The van der Waals surface area contributed by atoms with Crippen LogP contribution < -0.4 is 0 Å². The van der Waals surface area contributed by atoms with Crippen LogP contribution in [0.4, 0.5) is 0 Å². The third kappa shape index (κ3) is 2.68. The van der Waals surface area contributed by atoms with Crippen LogP contribution in [0.2, 0.25) is 0 Å². The summed E-state index contributed by atoms with van der Waals surface area (Å²) in [5.41, 5.74) is 0.170. The highest BCUT2D eigenvalue weighted by Crippen LogP contribution is 2.17. The van der Waals surface area contributed by atoms with Gasteiger partial charge in [0.1, 0.15) is 0 Å². The van der Waals surface area contributed by atoms with Crippen LogP contribution in [-0.4, -0.2) is 17.4 Å². The van der Waals surface area contributed by atoms with E-state index in [4.69, 9.17) is 0 Å². The molecule has 0 unspecified atom stereocenters. The van der Waals surface area contributed by atoms with Gasteiger partial charge in [0.15, 0.2) is 0 Å². The highest BCUT2D eigenvalue weighted by atomic mass is 16.2. The lowest BCUT2D eigenvalue weighted by Gasteiger charge is -2.15. The molecular weight excluding hydrogens is 150 g/mol. The minimum Gasteiger partial charge on any atom is -0.319 e. The molecule has 0 atom stereocenters. The molecule has 12 heavy (non-hydrogen) atoms. The van der Waals surface area contributed by atoms with Crippen LogP contribution in [-0.2, 0) is 4.79 Å². The van der Waals surface area contributed by atoms with Gasteiger partial charge in [-0.25, -0.2) is 0 Å². The predicted octanol–water partition coefficient (Wildman–Crippen LogP) is 2.17. The van der Waals surface area contributed by atoms with E-state index in [-0.39, 0.29) is 11.3 Å². The predicted molar refractivity (Wildman–Crippen MR) is 49.5 cm³/mol. The fraction of sp³-hybridized carbons (Fsp3) is 0.700. The van der Waals surface area contributed by atoms with E-state index in [1.54, 1.807) is 0 Å². The number of carbonyl (C=O) groups excluding carboxylic acids is 1. The maximum Gasteiger partial charge on any atom is 0.226 e. The molecule has 1 saturated heterocycles. The van der Waals surface area contributed by atoms with Gasteiger partial charge < -0.3 is 4.90 Å². The number of hydrogen-bond donors (Lipinski definition) is 0. The SMILES string of the molecule is CC(C)(C)/C=C/N1CCCC1=O. The second kappa shape index (κ2) is 3.30. The highest BCUT2D eigenvalue weighted by molar-refractivity contribution is 5.79. The number of rotatable bonds is 1. The van der Waals surface area contributed by atoms with Gasteiger partial charge in [-0.3, -0.25) is 4.79 Å². The zero-order valence-electron chi connectivity index (χ0n) is 8.13. The summed E-state index contributed by atoms with van der Waals surface area (Å²) in [5, 5.41) is 0. The van der Waals surface area contributed by atoms with Gasteiger partial charge in [0.2, 0.25) is 5.91 Å². The van der Waals surface area contributed by atoms with Gasteiger partial charge in [-0.15, -0.1) is 0 Å². The summed E-state index contributed by atoms with van der Waals surface area (Å²) in [7, 11) is 0. The van der Waals surface area contributed by atoms with Crippen molar-refractivity contribution >= 4 is 5.91 Å². The molecule has 1 heterocycles. The first-order chi connectivity index (χ1) is 5.49. The molecule has 1 aliphatic rings. The lowest BCUT2D eigenvalue weighted by Crippen LogP contribution is -2.18. The molecule has 0 aromatic heterocycles. The van der Waals surface area contributed by atoms with Gasteiger partial charge in [-0.2, -0.15) is 0 Å². The molecule has 0 bridgehead atoms. The van der Waals surface area contributed by atoms with Crippen LogP contribution in [0.25, 0.3) is 0 Å². The minimum absolute atomic E-state index is 0.170. The van der Waals surface area contributed by atoms with E-state index in [0.29, 0.717) is 6.42 Å². The number of carbonyl (C=O) groups is 1. The Labute approximate surface area is 74.2 Å². The maximum absolute atomic E-state index is 11.2. The van der Waals surface area contributed by atoms with Gasteiger partial charge in [-0.1, -0.05) is 26.8 Å². The van der Waals surface area contributed by atoms with Crippen molar-refractivity contribution in [3.05, 3.63) is 12.3 Å². The average Bonchev–Trinajstić information content (AvgIpc) is 2.29. The smallest absolute Gasteiger partial charge is 0.226 e. The van der Waals surface area contributed by atoms with Crippen molar-refractivity contribution in [2.75, 3.05) is 6.54 Å². The summed E-state index contributed by atoms with van der Waals surface area (Å²) in [6, 6.07) is 0. The van der Waals surface area contributed by atoms with Crippen LogP contribution in [0.1, 0.15) is 33.6 Å². The molecule has 0 aromatic rings.